The van der Waals surface area contributed by atoms with Crippen LogP contribution in [0.25, 0.3) is 0 Å². The van der Waals surface area contributed by atoms with Crippen LogP contribution in [-0.4, -0.2) is 42.1 Å². The highest BCUT2D eigenvalue weighted by molar-refractivity contribution is 5.86. The van der Waals surface area contributed by atoms with E-state index in [1.54, 1.807) is 13.8 Å². The fraction of sp³-hybridized carbons (Fsp3) is 0.727. The molecule has 18 heavy (non-hydrogen) atoms. The van der Waals surface area contributed by atoms with Crippen LogP contribution < -0.4 is 16.0 Å². The molecule has 104 valence electrons. The van der Waals surface area contributed by atoms with Crippen molar-refractivity contribution in [2.75, 3.05) is 13.1 Å². The molecule has 0 unspecified atom stereocenters. The van der Waals surface area contributed by atoms with E-state index in [1.807, 2.05) is 6.92 Å². The largest absolute Gasteiger partial charge is 0.480 e. The topological polar surface area (TPSA) is 108 Å². The predicted molar refractivity (Wildman–Crippen MR) is 66.1 cm³/mol. The van der Waals surface area contributed by atoms with E-state index in [-0.39, 0.29) is 18.4 Å². The third kappa shape index (κ3) is 6.72. The highest BCUT2D eigenvalue weighted by Gasteiger charge is 2.23. The maximum Gasteiger partial charge on any atom is 0.326 e. The van der Waals surface area contributed by atoms with E-state index in [1.165, 1.54) is 0 Å². The summed E-state index contributed by atoms with van der Waals surface area (Å²) in [5, 5.41) is 16.1. The number of nitrogens with one attached hydrogen (secondary N) is 3. The molecule has 0 heterocycles. The molecule has 3 amide bonds. The first-order valence-electron chi connectivity index (χ1n) is 5.92. The monoisotopic (exact) mass is 259 g/mol. The summed E-state index contributed by atoms with van der Waals surface area (Å²) < 4.78 is 0. The molecular weight excluding hydrogens is 238 g/mol. The first-order valence-corrected chi connectivity index (χ1v) is 5.92. The van der Waals surface area contributed by atoms with Gasteiger partial charge >= 0.3 is 12.0 Å². The fourth-order valence-electron chi connectivity index (χ4n) is 1.19. The third-order valence-corrected chi connectivity index (χ3v) is 2.20. The molecule has 7 nitrogen and oxygen atoms in total. The zero-order chi connectivity index (χ0) is 14.1. The molecule has 0 spiro atoms. The summed E-state index contributed by atoms with van der Waals surface area (Å²) in [7, 11) is 0. The summed E-state index contributed by atoms with van der Waals surface area (Å²) >= 11 is 0. The molecule has 0 saturated heterocycles. The van der Waals surface area contributed by atoms with E-state index in [2.05, 4.69) is 16.0 Å². The number of aliphatic carboxylic acids is 1. The number of hydrogen-bond acceptors (Lipinski definition) is 3. The van der Waals surface area contributed by atoms with Crippen molar-refractivity contribution in [1.82, 2.24) is 16.0 Å². The Morgan fingerprint density at radius 3 is 2.22 bits per heavy atom. The maximum atomic E-state index is 11.4. The minimum absolute atomic E-state index is 0.170. The smallest absolute Gasteiger partial charge is 0.326 e. The van der Waals surface area contributed by atoms with Crippen LogP contribution in [0.2, 0.25) is 0 Å². The van der Waals surface area contributed by atoms with Crippen LogP contribution >= 0.6 is 0 Å². The van der Waals surface area contributed by atoms with E-state index in [0.29, 0.717) is 6.54 Å². The SMILES string of the molecule is CCCNC(=O)CNC(=O)N[C@@H](C(=O)O)C(C)C. The Balaban J connectivity index is 4.03. The molecule has 0 saturated carbocycles. The van der Waals surface area contributed by atoms with Crippen LogP contribution in [0.3, 0.4) is 0 Å². The molecule has 0 aromatic rings. The molecule has 7 heteroatoms. The van der Waals surface area contributed by atoms with E-state index in [0.717, 1.165) is 6.42 Å². The van der Waals surface area contributed by atoms with E-state index in [9.17, 15) is 14.4 Å². The van der Waals surface area contributed by atoms with Crippen molar-refractivity contribution in [1.29, 1.82) is 0 Å². The van der Waals surface area contributed by atoms with Gasteiger partial charge in [0.25, 0.3) is 0 Å². The standard InChI is InChI=1S/C11H21N3O4/c1-4-5-12-8(15)6-13-11(18)14-9(7(2)3)10(16)17/h7,9H,4-6H2,1-3H3,(H,12,15)(H,16,17)(H2,13,14,18)/t9-/m1/s1. The van der Waals surface area contributed by atoms with Crippen molar-refractivity contribution in [2.24, 2.45) is 5.92 Å². The van der Waals surface area contributed by atoms with Gasteiger partial charge in [-0.3, -0.25) is 4.79 Å². The molecular formula is C11H21N3O4. The number of rotatable bonds is 7. The van der Waals surface area contributed by atoms with Gasteiger partial charge < -0.3 is 21.1 Å². The van der Waals surface area contributed by atoms with Crippen molar-refractivity contribution in [3.05, 3.63) is 0 Å². The van der Waals surface area contributed by atoms with Gasteiger partial charge in [0.15, 0.2) is 0 Å². The lowest BCUT2D eigenvalue weighted by atomic mass is 10.1. The van der Waals surface area contributed by atoms with E-state index < -0.39 is 18.0 Å². The third-order valence-electron chi connectivity index (χ3n) is 2.20. The van der Waals surface area contributed by atoms with Gasteiger partial charge in [-0.05, 0) is 12.3 Å². The Labute approximate surface area is 106 Å². The minimum atomic E-state index is -1.10. The van der Waals surface area contributed by atoms with Gasteiger partial charge in [-0.15, -0.1) is 0 Å². The van der Waals surface area contributed by atoms with Crippen LogP contribution in [-0.2, 0) is 9.59 Å². The number of amides is 3. The van der Waals surface area contributed by atoms with Gasteiger partial charge in [0.2, 0.25) is 5.91 Å². The molecule has 0 aromatic carbocycles. The fourth-order valence-corrected chi connectivity index (χ4v) is 1.19. The normalized spacial score (nSPS) is 11.8. The first-order chi connectivity index (χ1) is 8.38. The molecule has 0 aliphatic carbocycles. The molecule has 0 fully saturated rings. The predicted octanol–water partition coefficient (Wildman–Crippen LogP) is -0.0790. The van der Waals surface area contributed by atoms with Crippen molar-refractivity contribution in [3.63, 3.8) is 0 Å². The van der Waals surface area contributed by atoms with Crippen molar-refractivity contribution < 1.29 is 19.5 Å². The Bertz CT molecular complexity index is 305. The zero-order valence-electron chi connectivity index (χ0n) is 10.9. The van der Waals surface area contributed by atoms with Crippen molar-refractivity contribution in [3.8, 4) is 0 Å². The van der Waals surface area contributed by atoms with Crippen LogP contribution in [0, 0.1) is 5.92 Å². The lowest BCUT2D eigenvalue weighted by molar-refractivity contribution is -0.140. The minimum Gasteiger partial charge on any atom is -0.480 e. The zero-order valence-corrected chi connectivity index (χ0v) is 10.9. The van der Waals surface area contributed by atoms with Gasteiger partial charge in [-0.1, -0.05) is 20.8 Å². The Morgan fingerprint density at radius 2 is 1.78 bits per heavy atom. The Hall–Kier alpha value is -1.79. The van der Waals surface area contributed by atoms with Gasteiger partial charge in [0, 0.05) is 6.54 Å². The molecule has 0 aliphatic rings. The van der Waals surface area contributed by atoms with Crippen LogP contribution in [0.5, 0.6) is 0 Å². The average Bonchev–Trinajstić information content (AvgIpc) is 2.29. The van der Waals surface area contributed by atoms with Gasteiger partial charge in [0.1, 0.15) is 6.04 Å². The van der Waals surface area contributed by atoms with Gasteiger partial charge in [0.05, 0.1) is 6.54 Å². The molecule has 1 atom stereocenters. The molecule has 0 bridgehead atoms. The molecule has 0 aliphatic heterocycles. The Kier molecular flexibility index (Phi) is 7.50. The van der Waals surface area contributed by atoms with Crippen molar-refractivity contribution in [2.45, 2.75) is 33.2 Å². The van der Waals surface area contributed by atoms with Crippen LogP contribution in [0.4, 0.5) is 4.79 Å². The van der Waals surface area contributed by atoms with Crippen molar-refractivity contribution >= 4 is 17.9 Å². The summed E-state index contributed by atoms with van der Waals surface area (Å²) in [5.41, 5.74) is 0. The molecule has 4 N–H and O–H groups in total. The number of hydrogen-bond donors (Lipinski definition) is 4. The second kappa shape index (κ2) is 8.32. The lowest BCUT2D eigenvalue weighted by Crippen LogP contribution is -2.50. The van der Waals surface area contributed by atoms with Crippen LogP contribution in [0.15, 0.2) is 0 Å². The summed E-state index contributed by atoms with van der Waals surface area (Å²) in [5.74, 6) is -1.64. The first kappa shape index (κ1) is 16.2. The Morgan fingerprint density at radius 1 is 1.17 bits per heavy atom. The number of carboxylic acids is 1. The van der Waals surface area contributed by atoms with Crippen LogP contribution in [0.1, 0.15) is 27.2 Å². The highest BCUT2D eigenvalue weighted by atomic mass is 16.4. The van der Waals surface area contributed by atoms with E-state index in [4.69, 9.17) is 5.11 Å². The lowest BCUT2D eigenvalue weighted by Gasteiger charge is -2.18. The average molecular weight is 259 g/mol. The van der Waals surface area contributed by atoms with E-state index >= 15 is 0 Å². The summed E-state index contributed by atoms with van der Waals surface area (Å²) in [6.45, 7) is 5.67. The summed E-state index contributed by atoms with van der Waals surface area (Å²) in [6, 6.07) is -1.63. The maximum absolute atomic E-state index is 11.4. The second-order valence-corrected chi connectivity index (χ2v) is 4.24. The number of carbonyl (C=O) groups is 3. The van der Waals surface area contributed by atoms with Gasteiger partial charge in [-0.2, -0.15) is 0 Å². The molecule has 0 rings (SSSR count). The highest BCUT2D eigenvalue weighted by Crippen LogP contribution is 2.00. The second-order valence-electron chi connectivity index (χ2n) is 4.24. The number of carboxylic acid groups (broad SMARTS) is 1. The summed E-state index contributed by atoms with van der Waals surface area (Å²) in [6.07, 6.45) is 0.812. The number of carbonyl (C=O) groups excluding carboxylic acids is 2. The van der Waals surface area contributed by atoms with Gasteiger partial charge in [-0.25, -0.2) is 9.59 Å². The quantitative estimate of drug-likeness (QED) is 0.513. The summed E-state index contributed by atoms with van der Waals surface area (Å²) in [4.78, 5) is 33.4. The molecule has 0 radical (unpaired) electrons. The number of urea groups is 1. The molecule has 0 aromatic heterocycles.